The minimum atomic E-state index is 0.227. The molecule has 0 radical (unpaired) electrons. The molecule has 1 atom stereocenters. The van der Waals surface area contributed by atoms with Crippen LogP contribution in [0.3, 0.4) is 0 Å². The summed E-state index contributed by atoms with van der Waals surface area (Å²) in [5.41, 5.74) is 4.07. The van der Waals surface area contributed by atoms with Gasteiger partial charge in [0, 0.05) is 37.2 Å². The maximum atomic E-state index is 12.8. The Morgan fingerprint density at radius 1 is 1.13 bits per heavy atom. The maximum absolute atomic E-state index is 12.8. The molecule has 5 nitrogen and oxygen atoms in total. The normalized spacial score (nSPS) is 16.2. The second-order valence-corrected chi connectivity index (χ2v) is 8.08. The molecule has 31 heavy (non-hydrogen) atoms. The number of carbonyl (C=O) groups excluding carboxylic acids is 1. The van der Waals surface area contributed by atoms with Gasteiger partial charge in [0.05, 0.1) is 24.7 Å². The van der Waals surface area contributed by atoms with E-state index in [2.05, 4.69) is 17.1 Å². The van der Waals surface area contributed by atoms with Gasteiger partial charge in [0.15, 0.2) is 0 Å². The zero-order valence-corrected chi connectivity index (χ0v) is 18.0. The Balaban J connectivity index is 1.38. The minimum absolute atomic E-state index is 0.227. The van der Waals surface area contributed by atoms with Crippen molar-refractivity contribution in [1.82, 2.24) is 14.9 Å². The molecular formula is C26H29N3O2. The van der Waals surface area contributed by atoms with Crippen LogP contribution < -0.4 is 4.74 Å². The van der Waals surface area contributed by atoms with Crippen molar-refractivity contribution < 1.29 is 9.53 Å². The number of piperidine rings is 1. The molecule has 3 aromatic rings. The predicted octanol–water partition coefficient (Wildman–Crippen LogP) is 4.88. The summed E-state index contributed by atoms with van der Waals surface area (Å²) in [5.74, 6) is 1.28. The zero-order chi connectivity index (χ0) is 21.5. The number of hydrogen-bond acceptors (Lipinski definition) is 4. The average Bonchev–Trinajstić information content (AvgIpc) is 2.85. The average molecular weight is 416 g/mol. The van der Waals surface area contributed by atoms with Gasteiger partial charge in [-0.25, -0.2) is 4.98 Å². The third kappa shape index (κ3) is 5.48. The third-order valence-electron chi connectivity index (χ3n) is 5.91. The van der Waals surface area contributed by atoms with Crippen molar-refractivity contribution in [2.45, 2.75) is 38.0 Å². The van der Waals surface area contributed by atoms with Gasteiger partial charge in [-0.3, -0.25) is 9.78 Å². The smallest absolute Gasteiger partial charge is 0.222 e. The molecule has 160 valence electrons. The monoisotopic (exact) mass is 415 g/mol. The van der Waals surface area contributed by atoms with E-state index in [1.807, 2.05) is 53.6 Å². The second-order valence-electron chi connectivity index (χ2n) is 8.08. The van der Waals surface area contributed by atoms with Crippen LogP contribution in [0.4, 0.5) is 0 Å². The van der Waals surface area contributed by atoms with Crippen molar-refractivity contribution in [1.29, 1.82) is 0 Å². The Labute approximate surface area is 184 Å². The van der Waals surface area contributed by atoms with Crippen LogP contribution in [-0.2, 0) is 11.2 Å². The third-order valence-corrected chi connectivity index (χ3v) is 5.91. The molecule has 0 N–H and O–H groups in total. The molecule has 1 aliphatic rings. The summed E-state index contributed by atoms with van der Waals surface area (Å²) < 4.78 is 5.33. The summed E-state index contributed by atoms with van der Waals surface area (Å²) in [5, 5.41) is 0. The van der Waals surface area contributed by atoms with E-state index in [0.717, 1.165) is 61.5 Å². The van der Waals surface area contributed by atoms with Crippen LogP contribution in [0, 0.1) is 0 Å². The summed E-state index contributed by atoms with van der Waals surface area (Å²) in [6, 6.07) is 18.2. The van der Waals surface area contributed by atoms with Crippen LogP contribution in [0.15, 0.2) is 67.0 Å². The number of likely N-dealkylation sites (tertiary alicyclic amines) is 1. The zero-order valence-electron chi connectivity index (χ0n) is 18.0. The Kier molecular flexibility index (Phi) is 6.92. The summed E-state index contributed by atoms with van der Waals surface area (Å²) in [7, 11) is 1.66. The van der Waals surface area contributed by atoms with Crippen molar-refractivity contribution in [3.8, 4) is 17.0 Å². The lowest BCUT2D eigenvalue weighted by atomic mass is 9.94. The SMILES string of the molecule is COc1cccc(-c2cncc(C3CCCN(C(=O)CCCc4ccccc4)C3)n2)c1. The van der Waals surface area contributed by atoms with E-state index >= 15 is 0 Å². The first-order valence-electron chi connectivity index (χ1n) is 11.0. The van der Waals surface area contributed by atoms with Crippen LogP contribution >= 0.6 is 0 Å². The lowest BCUT2D eigenvalue weighted by Crippen LogP contribution is -2.39. The van der Waals surface area contributed by atoms with E-state index in [9.17, 15) is 4.79 Å². The minimum Gasteiger partial charge on any atom is -0.497 e. The van der Waals surface area contributed by atoms with E-state index in [1.54, 1.807) is 13.3 Å². The molecule has 1 aliphatic heterocycles. The van der Waals surface area contributed by atoms with Crippen LogP contribution in [0.2, 0.25) is 0 Å². The highest BCUT2D eigenvalue weighted by Crippen LogP contribution is 2.28. The first kappa shape index (κ1) is 21.0. The molecule has 5 heteroatoms. The molecule has 1 aromatic heterocycles. The van der Waals surface area contributed by atoms with Gasteiger partial charge in [0.2, 0.25) is 5.91 Å². The van der Waals surface area contributed by atoms with Crippen molar-refractivity contribution in [3.63, 3.8) is 0 Å². The van der Waals surface area contributed by atoms with E-state index < -0.39 is 0 Å². The molecule has 0 spiro atoms. The van der Waals surface area contributed by atoms with E-state index in [0.29, 0.717) is 6.42 Å². The topological polar surface area (TPSA) is 55.3 Å². The molecule has 4 rings (SSSR count). The summed E-state index contributed by atoms with van der Waals surface area (Å²) >= 11 is 0. The number of rotatable bonds is 7. The fourth-order valence-corrected chi connectivity index (χ4v) is 4.19. The number of methoxy groups -OCH3 is 1. The van der Waals surface area contributed by atoms with Crippen LogP contribution in [0.5, 0.6) is 5.75 Å². The number of ether oxygens (including phenoxy) is 1. The predicted molar refractivity (Wildman–Crippen MR) is 122 cm³/mol. The quantitative estimate of drug-likeness (QED) is 0.552. The number of amides is 1. The lowest BCUT2D eigenvalue weighted by molar-refractivity contribution is -0.132. The van der Waals surface area contributed by atoms with Gasteiger partial charge in [0.1, 0.15) is 5.75 Å². The summed E-state index contributed by atoms with van der Waals surface area (Å²) in [6.45, 7) is 1.56. The fourth-order valence-electron chi connectivity index (χ4n) is 4.19. The van der Waals surface area contributed by atoms with Gasteiger partial charge in [-0.15, -0.1) is 0 Å². The Morgan fingerprint density at radius 2 is 2.00 bits per heavy atom. The Morgan fingerprint density at radius 3 is 2.84 bits per heavy atom. The number of hydrogen-bond donors (Lipinski definition) is 0. The second kappa shape index (κ2) is 10.2. The van der Waals surface area contributed by atoms with Crippen LogP contribution in [0.1, 0.15) is 42.9 Å². The van der Waals surface area contributed by atoms with Crippen LogP contribution in [0.25, 0.3) is 11.3 Å². The Bertz CT molecular complexity index is 1010. The number of nitrogens with zero attached hydrogens (tertiary/aromatic N) is 3. The number of benzene rings is 2. The molecule has 0 aliphatic carbocycles. The van der Waals surface area contributed by atoms with Gasteiger partial charge in [-0.2, -0.15) is 0 Å². The molecule has 1 fully saturated rings. The van der Waals surface area contributed by atoms with Crippen molar-refractivity contribution in [2.75, 3.05) is 20.2 Å². The lowest BCUT2D eigenvalue weighted by Gasteiger charge is -2.32. The molecule has 0 bridgehead atoms. The van der Waals surface area contributed by atoms with E-state index in [1.165, 1.54) is 5.56 Å². The first-order valence-corrected chi connectivity index (χ1v) is 11.0. The molecule has 1 amide bonds. The highest BCUT2D eigenvalue weighted by molar-refractivity contribution is 5.76. The molecule has 2 aromatic carbocycles. The van der Waals surface area contributed by atoms with E-state index in [-0.39, 0.29) is 11.8 Å². The van der Waals surface area contributed by atoms with Gasteiger partial charge in [-0.05, 0) is 43.4 Å². The molecule has 2 heterocycles. The molecular weight excluding hydrogens is 386 g/mol. The number of aryl methyl sites for hydroxylation is 1. The van der Waals surface area contributed by atoms with Gasteiger partial charge >= 0.3 is 0 Å². The molecule has 0 saturated carbocycles. The maximum Gasteiger partial charge on any atom is 0.222 e. The molecule has 1 saturated heterocycles. The van der Waals surface area contributed by atoms with Crippen molar-refractivity contribution in [2.24, 2.45) is 0 Å². The first-order chi connectivity index (χ1) is 15.2. The Hall–Kier alpha value is -3.21. The highest BCUT2D eigenvalue weighted by Gasteiger charge is 2.25. The number of carbonyl (C=O) groups is 1. The van der Waals surface area contributed by atoms with Crippen molar-refractivity contribution in [3.05, 3.63) is 78.2 Å². The number of aromatic nitrogens is 2. The van der Waals surface area contributed by atoms with Crippen LogP contribution in [-0.4, -0.2) is 41.0 Å². The fraction of sp³-hybridized carbons (Fsp3) is 0.346. The summed E-state index contributed by atoms with van der Waals surface area (Å²) in [4.78, 5) is 24.1. The highest BCUT2D eigenvalue weighted by atomic mass is 16.5. The van der Waals surface area contributed by atoms with E-state index in [4.69, 9.17) is 9.72 Å². The van der Waals surface area contributed by atoms with Crippen molar-refractivity contribution >= 4 is 5.91 Å². The standard InChI is InChI=1S/C26H29N3O2/c1-31-23-13-6-11-21(16-23)24-17-27-18-25(28-24)22-12-7-15-29(19-22)26(30)14-5-10-20-8-3-2-4-9-20/h2-4,6,8-9,11,13,16-18,22H,5,7,10,12,14-15,19H2,1H3. The molecule has 1 unspecified atom stereocenters. The largest absolute Gasteiger partial charge is 0.497 e. The summed E-state index contributed by atoms with van der Waals surface area (Å²) in [6.07, 6.45) is 8.08. The van der Waals surface area contributed by atoms with Gasteiger partial charge in [0.25, 0.3) is 0 Å². The van der Waals surface area contributed by atoms with Gasteiger partial charge in [-0.1, -0.05) is 42.5 Å². The van der Waals surface area contributed by atoms with Gasteiger partial charge < -0.3 is 9.64 Å².